The first-order chi connectivity index (χ1) is 10.3. The van der Waals surface area contributed by atoms with Crippen LogP contribution in [0.2, 0.25) is 0 Å². The molecule has 1 saturated carbocycles. The molecule has 0 N–H and O–H groups in total. The van der Waals surface area contributed by atoms with Gasteiger partial charge in [0.05, 0.1) is 13.7 Å². The molecule has 0 bridgehead atoms. The molecule has 0 spiro atoms. The van der Waals surface area contributed by atoms with Gasteiger partial charge in [0.15, 0.2) is 5.78 Å². The van der Waals surface area contributed by atoms with E-state index in [9.17, 15) is 14.4 Å². The van der Waals surface area contributed by atoms with Crippen LogP contribution in [0.4, 0.5) is 0 Å². The first-order valence-corrected chi connectivity index (χ1v) is 8.09. The number of carbonyl (C=O) groups excluding carboxylic acids is 3. The third kappa shape index (κ3) is 4.08. The van der Waals surface area contributed by atoms with Crippen LogP contribution >= 0.6 is 0 Å². The molecule has 1 unspecified atom stereocenters. The molecule has 0 aromatic heterocycles. The molecule has 126 valence electrons. The Morgan fingerprint density at radius 3 is 2.45 bits per heavy atom. The second-order valence-electron chi connectivity index (χ2n) is 6.65. The van der Waals surface area contributed by atoms with Crippen LogP contribution < -0.4 is 0 Å². The molecule has 1 atom stereocenters. The van der Waals surface area contributed by atoms with Gasteiger partial charge in [-0.3, -0.25) is 14.4 Å². The maximum Gasteiger partial charge on any atom is 0.319 e. The Bertz CT molecular complexity index is 427. The lowest BCUT2D eigenvalue weighted by atomic mass is 9.60. The van der Waals surface area contributed by atoms with Crippen molar-refractivity contribution in [3.63, 3.8) is 0 Å². The van der Waals surface area contributed by atoms with E-state index in [1.807, 2.05) is 13.8 Å². The van der Waals surface area contributed by atoms with Gasteiger partial charge < -0.3 is 9.47 Å². The maximum atomic E-state index is 12.8. The second kappa shape index (κ2) is 7.75. The molecule has 0 aliphatic heterocycles. The summed E-state index contributed by atoms with van der Waals surface area (Å²) in [5.74, 6) is -0.680. The lowest BCUT2D eigenvalue weighted by Crippen LogP contribution is -2.50. The monoisotopic (exact) mass is 312 g/mol. The molecule has 0 heterocycles. The van der Waals surface area contributed by atoms with Crippen LogP contribution in [0.15, 0.2) is 0 Å². The first-order valence-electron chi connectivity index (χ1n) is 8.09. The Hall–Kier alpha value is -1.39. The molecule has 0 radical (unpaired) electrons. The van der Waals surface area contributed by atoms with Crippen molar-refractivity contribution in [2.75, 3.05) is 13.7 Å². The summed E-state index contributed by atoms with van der Waals surface area (Å²) in [6.45, 7) is 5.93. The van der Waals surface area contributed by atoms with E-state index < -0.39 is 16.8 Å². The zero-order valence-corrected chi connectivity index (χ0v) is 14.2. The number of unbranched alkanes of at least 4 members (excludes halogenated alkanes) is 1. The highest BCUT2D eigenvalue weighted by Gasteiger charge is 2.53. The number of ether oxygens (including phenoxy) is 2. The summed E-state index contributed by atoms with van der Waals surface area (Å²) in [6.07, 6.45) is 4.20. The van der Waals surface area contributed by atoms with Gasteiger partial charge in [0.1, 0.15) is 5.41 Å². The van der Waals surface area contributed by atoms with Crippen molar-refractivity contribution in [1.29, 1.82) is 0 Å². The van der Waals surface area contributed by atoms with Gasteiger partial charge in [0.25, 0.3) is 0 Å². The third-order valence-electron chi connectivity index (χ3n) is 4.57. The summed E-state index contributed by atoms with van der Waals surface area (Å²) in [7, 11) is 1.33. The van der Waals surface area contributed by atoms with Crippen molar-refractivity contribution >= 4 is 17.7 Å². The summed E-state index contributed by atoms with van der Waals surface area (Å²) in [6, 6.07) is 0. The normalized spacial score (nSPS) is 23.9. The predicted octanol–water partition coefficient (Wildman–Crippen LogP) is 3.05. The zero-order chi connectivity index (χ0) is 16.8. The molecule has 5 heteroatoms. The standard InChI is InChI=1S/C17H28O5/c1-5-22-13(18)9-6-7-11-17(15(20)21-4)12-8-10-16(2,3)14(17)19/h5-12H2,1-4H3. The molecular weight excluding hydrogens is 284 g/mol. The predicted molar refractivity (Wildman–Crippen MR) is 82.2 cm³/mol. The molecule has 22 heavy (non-hydrogen) atoms. The topological polar surface area (TPSA) is 69.7 Å². The van der Waals surface area contributed by atoms with Crippen LogP contribution in [0, 0.1) is 10.8 Å². The van der Waals surface area contributed by atoms with E-state index in [0.717, 1.165) is 12.8 Å². The van der Waals surface area contributed by atoms with Gasteiger partial charge in [-0.25, -0.2) is 0 Å². The average molecular weight is 312 g/mol. The number of carbonyl (C=O) groups is 3. The van der Waals surface area contributed by atoms with Crippen molar-refractivity contribution in [2.24, 2.45) is 10.8 Å². The number of Topliss-reactive ketones (excluding diaryl/α,β-unsaturated/α-hetero) is 1. The van der Waals surface area contributed by atoms with E-state index in [1.54, 1.807) is 6.92 Å². The molecule has 1 aliphatic rings. The highest BCUT2D eigenvalue weighted by molar-refractivity contribution is 6.06. The van der Waals surface area contributed by atoms with Crippen molar-refractivity contribution < 1.29 is 23.9 Å². The lowest BCUT2D eigenvalue weighted by Gasteiger charge is -2.41. The SMILES string of the molecule is CCOC(=O)CCCCC1(C(=O)OC)CCCC(C)(C)C1=O. The molecular formula is C17H28O5. The minimum atomic E-state index is -1.04. The maximum absolute atomic E-state index is 12.8. The Kier molecular flexibility index (Phi) is 6.57. The highest BCUT2D eigenvalue weighted by atomic mass is 16.5. The molecule has 5 nitrogen and oxygen atoms in total. The Morgan fingerprint density at radius 2 is 1.86 bits per heavy atom. The van der Waals surface area contributed by atoms with E-state index in [-0.39, 0.29) is 11.8 Å². The van der Waals surface area contributed by atoms with Crippen molar-refractivity contribution in [2.45, 2.75) is 65.7 Å². The van der Waals surface area contributed by atoms with Crippen LogP contribution in [0.5, 0.6) is 0 Å². The Balaban J connectivity index is 2.71. The van der Waals surface area contributed by atoms with Gasteiger partial charge in [0.2, 0.25) is 0 Å². The molecule has 0 aromatic rings. The van der Waals surface area contributed by atoms with E-state index in [2.05, 4.69) is 0 Å². The average Bonchev–Trinajstić information content (AvgIpc) is 2.47. The third-order valence-corrected chi connectivity index (χ3v) is 4.57. The van der Waals surface area contributed by atoms with Crippen LogP contribution in [-0.2, 0) is 23.9 Å². The van der Waals surface area contributed by atoms with Crippen LogP contribution in [0.3, 0.4) is 0 Å². The lowest BCUT2D eigenvalue weighted by molar-refractivity contribution is -0.165. The summed E-state index contributed by atoms with van der Waals surface area (Å²) in [5, 5.41) is 0. The first kappa shape index (κ1) is 18.7. The quantitative estimate of drug-likeness (QED) is 0.410. The molecule has 1 rings (SSSR count). The number of rotatable bonds is 7. The summed E-state index contributed by atoms with van der Waals surface area (Å²) >= 11 is 0. The van der Waals surface area contributed by atoms with Crippen LogP contribution in [0.1, 0.15) is 65.7 Å². The van der Waals surface area contributed by atoms with Gasteiger partial charge >= 0.3 is 11.9 Å². The fourth-order valence-electron chi connectivity index (χ4n) is 3.37. The van der Waals surface area contributed by atoms with Gasteiger partial charge in [-0.15, -0.1) is 0 Å². The van der Waals surface area contributed by atoms with Gasteiger partial charge in [-0.2, -0.15) is 0 Å². The number of hydrogen-bond donors (Lipinski definition) is 0. The zero-order valence-electron chi connectivity index (χ0n) is 14.2. The fourth-order valence-corrected chi connectivity index (χ4v) is 3.37. The van der Waals surface area contributed by atoms with E-state index in [4.69, 9.17) is 9.47 Å². The van der Waals surface area contributed by atoms with Gasteiger partial charge in [0, 0.05) is 11.8 Å². The molecule has 0 aromatic carbocycles. The van der Waals surface area contributed by atoms with Crippen molar-refractivity contribution in [3.8, 4) is 0 Å². The minimum Gasteiger partial charge on any atom is -0.468 e. The van der Waals surface area contributed by atoms with Gasteiger partial charge in [-0.1, -0.05) is 26.7 Å². The number of hydrogen-bond acceptors (Lipinski definition) is 5. The Labute approximate surface area is 132 Å². The molecule has 1 fully saturated rings. The van der Waals surface area contributed by atoms with Crippen molar-refractivity contribution in [1.82, 2.24) is 0 Å². The molecule has 1 aliphatic carbocycles. The summed E-state index contributed by atoms with van der Waals surface area (Å²) in [4.78, 5) is 36.4. The summed E-state index contributed by atoms with van der Waals surface area (Å²) < 4.78 is 9.81. The van der Waals surface area contributed by atoms with E-state index in [0.29, 0.717) is 38.7 Å². The minimum absolute atomic E-state index is 0.0192. The highest BCUT2D eigenvalue weighted by Crippen LogP contribution is 2.46. The van der Waals surface area contributed by atoms with Crippen LogP contribution in [-0.4, -0.2) is 31.4 Å². The number of esters is 2. The smallest absolute Gasteiger partial charge is 0.319 e. The number of methoxy groups -OCH3 is 1. The Morgan fingerprint density at radius 1 is 1.18 bits per heavy atom. The largest absolute Gasteiger partial charge is 0.468 e. The van der Waals surface area contributed by atoms with E-state index >= 15 is 0 Å². The summed E-state index contributed by atoms with van der Waals surface area (Å²) in [5.41, 5.74) is -1.53. The molecule has 0 amide bonds. The van der Waals surface area contributed by atoms with Gasteiger partial charge in [-0.05, 0) is 32.6 Å². The van der Waals surface area contributed by atoms with Crippen LogP contribution in [0.25, 0.3) is 0 Å². The number of ketones is 1. The van der Waals surface area contributed by atoms with E-state index in [1.165, 1.54) is 7.11 Å². The van der Waals surface area contributed by atoms with Crippen molar-refractivity contribution in [3.05, 3.63) is 0 Å². The molecule has 0 saturated heterocycles. The fraction of sp³-hybridized carbons (Fsp3) is 0.824. The second-order valence-corrected chi connectivity index (χ2v) is 6.65.